The van der Waals surface area contributed by atoms with Crippen LogP contribution in [0.3, 0.4) is 0 Å². The van der Waals surface area contributed by atoms with E-state index in [1.165, 1.54) is 0 Å². The molecule has 0 aliphatic heterocycles. The molecular weight excluding hydrogens is 225 g/mol. The fourth-order valence-corrected chi connectivity index (χ4v) is 0.798. The molecule has 0 atom stereocenters. The van der Waals surface area contributed by atoms with Gasteiger partial charge in [0.2, 0.25) is 0 Å². The van der Waals surface area contributed by atoms with Crippen molar-refractivity contribution in [2.24, 2.45) is 5.92 Å². The van der Waals surface area contributed by atoms with Crippen molar-refractivity contribution in [3.05, 3.63) is 0 Å². The summed E-state index contributed by atoms with van der Waals surface area (Å²) in [6.45, 7) is 0. The zero-order valence-corrected chi connectivity index (χ0v) is 7.58. The van der Waals surface area contributed by atoms with Crippen molar-refractivity contribution >= 4 is 5.97 Å². The van der Waals surface area contributed by atoms with Gasteiger partial charge in [0.25, 0.3) is 0 Å². The number of halogens is 6. The van der Waals surface area contributed by atoms with Gasteiger partial charge in [0.15, 0.2) is 0 Å². The Hall–Kier alpha value is -0.353. The molecule has 0 rings (SSSR count). The number of carboxylic acids is 1. The molecule has 15 heavy (non-hydrogen) atoms. The van der Waals surface area contributed by atoms with Crippen molar-refractivity contribution in [1.82, 2.24) is 0 Å². The Bertz CT molecular complexity index is 195. The van der Waals surface area contributed by atoms with Gasteiger partial charge in [-0.15, -0.1) is 0 Å². The first-order valence-electron chi connectivity index (χ1n) is 3.35. The zero-order valence-electron chi connectivity index (χ0n) is 7.58. The minimum atomic E-state index is -4.95. The van der Waals surface area contributed by atoms with E-state index in [0.717, 1.165) is 0 Å². The topological polar surface area (TPSA) is 40.1 Å². The van der Waals surface area contributed by atoms with E-state index in [1.54, 1.807) is 0 Å². The first-order chi connectivity index (χ1) is 6.01. The van der Waals surface area contributed by atoms with Crippen LogP contribution in [0.4, 0.5) is 26.3 Å². The SMILES string of the molecule is O=C([O-])C(CC(F)(F)F)CC(F)(F)F.[Li+]. The molecule has 0 bridgehead atoms. The van der Waals surface area contributed by atoms with Crippen LogP contribution in [0.2, 0.25) is 0 Å². The summed E-state index contributed by atoms with van der Waals surface area (Å²) in [7, 11) is 0. The number of hydrogen-bond donors (Lipinski definition) is 0. The Labute approximate surface area is 92.8 Å². The zero-order chi connectivity index (χ0) is 11.6. The van der Waals surface area contributed by atoms with Crippen LogP contribution >= 0.6 is 0 Å². The molecule has 0 aliphatic rings. The summed E-state index contributed by atoms with van der Waals surface area (Å²) in [6.07, 6.45) is -14.0. The maximum Gasteiger partial charge on any atom is 1.00 e. The largest absolute Gasteiger partial charge is 1.00 e. The van der Waals surface area contributed by atoms with E-state index in [2.05, 4.69) is 0 Å². The summed E-state index contributed by atoms with van der Waals surface area (Å²) in [4.78, 5) is 9.94. The van der Waals surface area contributed by atoms with E-state index in [4.69, 9.17) is 0 Å². The molecule has 0 unspecified atom stereocenters. The average molecular weight is 230 g/mol. The molecule has 0 aromatic carbocycles. The van der Waals surface area contributed by atoms with Gasteiger partial charge in [0.05, 0.1) is 12.8 Å². The van der Waals surface area contributed by atoms with Gasteiger partial charge >= 0.3 is 31.2 Å². The quantitative estimate of drug-likeness (QED) is 0.426. The van der Waals surface area contributed by atoms with Crippen LogP contribution in [0.15, 0.2) is 0 Å². The Balaban J connectivity index is 0. The van der Waals surface area contributed by atoms with Gasteiger partial charge in [-0.3, -0.25) is 0 Å². The van der Waals surface area contributed by atoms with Gasteiger partial charge in [-0.1, -0.05) is 0 Å². The molecule has 2 nitrogen and oxygen atoms in total. The van der Waals surface area contributed by atoms with Crippen molar-refractivity contribution < 1.29 is 55.1 Å². The van der Waals surface area contributed by atoms with Crippen molar-refractivity contribution in [3.8, 4) is 0 Å². The van der Waals surface area contributed by atoms with Crippen LogP contribution in [-0.2, 0) is 4.79 Å². The van der Waals surface area contributed by atoms with Gasteiger partial charge in [-0.25, -0.2) is 0 Å². The number of aliphatic carboxylic acids is 1. The van der Waals surface area contributed by atoms with Crippen LogP contribution in [0.1, 0.15) is 12.8 Å². The minimum Gasteiger partial charge on any atom is -0.550 e. The van der Waals surface area contributed by atoms with E-state index in [-0.39, 0.29) is 18.9 Å². The van der Waals surface area contributed by atoms with Crippen LogP contribution < -0.4 is 24.0 Å². The number of carbonyl (C=O) groups excluding carboxylic acids is 1. The molecule has 9 heteroatoms. The normalized spacial score (nSPS) is 12.5. The maximum absolute atomic E-state index is 11.6. The molecular formula is C6H5F6LiO2. The van der Waals surface area contributed by atoms with Crippen LogP contribution in [0, 0.1) is 5.92 Å². The monoisotopic (exact) mass is 230 g/mol. The van der Waals surface area contributed by atoms with E-state index >= 15 is 0 Å². The average Bonchev–Trinajstić information content (AvgIpc) is 1.78. The standard InChI is InChI=1S/C6H6F6O2.Li/c7-5(8,9)1-3(4(13)14)2-6(10,11)12;/h3H,1-2H2,(H,13,14);/q;+1/p-1. The fraction of sp³-hybridized carbons (Fsp3) is 0.833. The number of carbonyl (C=O) groups is 1. The van der Waals surface area contributed by atoms with Gasteiger partial charge in [0, 0.05) is 11.9 Å². The summed E-state index contributed by atoms with van der Waals surface area (Å²) in [5.41, 5.74) is 0. The van der Waals surface area contributed by atoms with Crippen molar-refractivity contribution in [1.29, 1.82) is 0 Å². The second-order valence-electron chi connectivity index (χ2n) is 2.65. The molecule has 0 aromatic rings. The fourth-order valence-electron chi connectivity index (χ4n) is 0.798. The van der Waals surface area contributed by atoms with Gasteiger partial charge in [0.1, 0.15) is 0 Å². The number of alkyl halides is 6. The van der Waals surface area contributed by atoms with Crippen molar-refractivity contribution in [2.45, 2.75) is 25.2 Å². The number of carboxylic acid groups (broad SMARTS) is 1. The van der Waals surface area contributed by atoms with E-state index in [0.29, 0.717) is 0 Å². The predicted molar refractivity (Wildman–Crippen MR) is 29.8 cm³/mol. The summed E-state index contributed by atoms with van der Waals surface area (Å²) in [5.74, 6) is -4.92. The third-order valence-corrected chi connectivity index (χ3v) is 1.29. The molecule has 0 aliphatic carbocycles. The second-order valence-corrected chi connectivity index (χ2v) is 2.65. The molecule has 0 spiro atoms. The molecule has 0 saturated heterocycles. The van der Waals surface area contributed by atoms with E-state index in [9.17, 15) is 36.2 Å². The number of rotatable bonds is 3. The third kappa shape index (κ3) is 9.94. The molecule has 0 amide bonds. The minimum absolute atomic E-state index is 0. The third-order valence-electron chi connectivity index (χ3n) is 1.29. The predicted octanol–water partition coefficient (Wildman–Crippen LogP) is -1.74. The Morgan fingerprint density at radius 3 is 1.40 bits per heavy atom. The Morgan fingerprint density at radius 1 is 1.00 bits per heavy atom. The summed E-state index contributed by atoms with van der Waals surface area (Å²) < 4.78 is 69.5. The summed E-state index contributed by atoms with van der Waals surface area (Å²) >= 11 is 0. The molecule has 0 saturated carbocycles. The van der Waals surface area contributed by atoms with E-state index < -0.39 is 37.1 Å². The summed E-state index contributed by atoms with van der Waals surface area (Å²) in [5, 5.41) is 9.94. The van der Waals surface area contributed by atoms with Gasteiger partial charge in [-0.2, -0.15) is 26.3 Å². The smallest absolute Gasteiger partial charge is 0.550 e. The van der Waals surface area contributed by atoms with E-state index in [1.807, 2.05) is 0 Å². The molecule has 0 N–H and O–H groups in total. The molecule has 0 fully saturated rings. The first-order valence-corrected chi connectivity index (χ1v) is 3.35. The van der Waals surface area contributed by atoms with Gasteiger partial charge in [-0.05, 0) is 0 Å². The Kier molecular flexibility index (Phi) is 6.43. The van der Waals surface area contributed by atoms with Crippen molar-refractivity contribution in [2.75, 3.05) is 0 Å². The molecule has 0 radical (unpaired) electrons. The summed E-state index contributed by atoms with van der Waals surface area (Å²) in [6, 6.07) is 0. The number of hydrogen-bond acceptors (Lipinski definition) is 2. The molecule has 0 aromatic heterocycles. The maximum atomic E-state index is 11.6. The first kappa shape index (κ1) is 17.1. The molecule has 0 heterocycles. The van der Waals surface area contributed by atoms with Crippen LogP contribution in [-0.4, -0.2) is 18.3 Å². The molecule has 84 valence electrons. The van der Waals surface area contributed by atoms with Crippen LogP contribution in [0.25, 0.3) is 0 Å². The second kappa shape index (κ2) is 5.66. The Morgan fingerprint density at radius 2 is 1.27 bits per heavy atom. The van der Waals surface area contributed by atoms with Gasteiger partial charge < -0.3 is 9.90 Å². The van der Waals surface area contributed by atoms with Crippen molar-refractivity contribution in [3.63, 3.8) is 0 Å². The van der Waals surface area contributed by atoms with Crippen LogP contribution in [0.5, 0.6) is 0 Å².